The third kappa shape index (κ3) is 7.46. The van der Waals surface area contributed by atoms with Gasteiger partial charge in [-0.1, -0.05) is 19.9 Å². The van der Waals surface area contributed by atoms with Crippen molar-refractivity contribution >= 4 is 5.97 Å². The molecular formula is C27H42O14. The van der Waals surface area contributed by atoms with Gasteiger partial charge in [-0.2, -0.15) is 0 Å². The van der Waals surface area contributed by atoms with Crippen LogP contribution >= 0.6 is 0 Å². The van der Waals surface area contributed by atoms with Crippen molar-refractivity contribution in [3.8, 4) is 0 Å². The molecule has 0 spiro atoms. The maximum Gasteiger partial charge on any atom is 0.309 e. The van der Waals surface area contributed by atoms with E-state index in [1.807, 2.05) is 19.9 Å². The van der Waals surface area contributed by atoms with Crippen LogP contribution in [-0.4, -0.2) is 130 Å². The first kappa shape index (κ1) is 32.2. The summed E-state index contributed by atoms with van der Waals surface area (Å²) in [5.74, 6) is -0.867. The van der Waals surface area contributed by atoms with Crippen LogP contribution in [0.2, 0.25) is 0 Å². The van der Waals surface area contributed by atoms with Crippen molar-refractivity contribution in [1.29, 1.82) is 0 Å². The number of rotatable bonds is 11. The van der Waals surface area contributed by atoms with E-state index in [0.717, 1.165) is 0 Å². The summed E-state index contributed by atoms with van der Waals surface area (Å²) < 4.78 is 33.8. The quantitative estimate of drug-likeness (QED) is 0.103. The molecule has 0 unspecified atom stereocenters. The Morgan fingerprint density at radius 3 is 2.37 bits per heavy atom. The van der Waals surface area contributed by atoms with Gasteiger partial charge in [0.1, 0.15) is 30.5 Å². The Bertz CT molecular complexity index is 937. The van der Waals surface area contributed by atoms with E-state index in [0.29, 0.717) is 17.6 Å². The van der Waals surface area contributed by atoms with Gasteiger partial charge in [-0.15, -0.1) is 0 Å². The lowest BCUT2D eigenvalue weighted by atomic mass is 9.84. The molecule has 0 saturated carbocycles. The summed E-state index contributed by atoms with van der Waals surface area (Å²) in [5.41, 5.74) is 1.38. The first-order valence-corrected chi connectivity index (χ1v) is 13.9. The number of allylic oxidation sites excluding steroid dienone is 1. The largest absolute Gasteiger partial charge is 0.462 e. The van der Waals surface area contributed by atoms with Crippen molar-refractivity contribution in [1.82, 2.24) is 0 Å². The Hall–Kier alpha value is -1.69. The molecule has 41 heavy (non-hydrogen) atoms. The number of ether oxygens (including phenoxy) is 6. The topological polar surface area (TPSA) is 214 Å². The Morgan fingerprint density at radius 2 is 1.68 bits per heavy atom. The number of carbonyl (C=O) groups excluding carboxylic acids is 1. The first-order valence-electron chi connectivity index (χ1n) is 13.9. The van der Waals surface area contributed by atoms with Gasteiger partial charge in [0.2, 0.25) is 6.29 Å². The highest BCUT2D eigenvalue weighted by molar-refractivity contribution is 5.69. The molecule has 1 aliphatic carbocycles. The molecule has 14 nitrogen and oxygen atoms in total. The molecule has 234 valence electrons. The molecule has 0 aromatic rings. The first-order chi connectivity index (χ1) is 19.5. The van der Waals surface area contributed by atoms with Gasteiger partial charge in [0.15, 0.2) is 12.6 Å². The fourth-order valence-corrected chi connectivity index (χ4v) is 5.56. The second-order valence-corrected chi connectivity index (χ2v) is 11.4. The van der Waals surface area contributed by atoms with Gasteiger partial charge in [-0.05, 0) is 23.5 Å². The second-order valence-electron chi connectivity index (χ2n) is 11.4. The molecule has 0 aromatic heterocycles. The van der Waals surface area contributed by atoms with Crippen molar-refractivity contribution < 1.29 is 69.0 Å². The van der Waals surface area contributed by atoms with Crippen LogP contribution in [0.4, 0.5) is 0 Å². The summed E-state index contributed by atoms with van der Waals surface area (Å²) in [7, 11) is 0. The van der Waals surface area contributed by atoms with Crippen LogP contribution < -0.4 is 0 Å². The van der Waals surface area contributed by atoms with Crippen LogP contribution in [0, 0.1) is 17.8 Å². The summed E-state index contributed by atoms with van der Waals surface area (Å²) in [4.78, 5) is 12.3. The van der Waals surface area contributed by atoms with Crippen LogP contribution in [0.1, 0.15) is 33.1 Å². The smallest absolute Gasteiger partial charge is 0.309 e. The zero-order chi connectivity index (χ0) is 29.8. The lowest BCUT2D eigenvalue weighted by Crippen LogP contribution is -2.59. The molecule has 4 rings (SSSR count). The summed E-state index contributed by atoms with van der Waals surface area (Å²) >= 11 is 0. The van der Waals surface area contributed by atoms with Gasteiger partial charge in [-0.3, -0.25) is 4.79 Å². The van der Waals surface area contributed by atoms with Crippen molar-refractivity contribution in [2.45, 2.75) is 94.7 Å². The predicted molar refractivity (Wildman–Crippen MR) is 136 cm³/mol. The highest BCUT2D eigenvalue weighted by atomic mass is 16.7. The fraction of sp³-hybridized carbons (Fsp3) is 0.815. The second kappa shape index (κ2) is 14.2. The van der Waals surface area contributed by atoms with Crippen molar-refractivity contribution in [2.75, 3.05) is 26.4 Å². The standard InChI is InChI=1S/C27H42O14/c1-12(2)5-19(31)41-25-20-13(7-28)3-4-16(20)14(9-36-25)10-37-26-21(32)17(30)6-15(39-26)11-38-27-24(35)23(34)22(33)18(8-29)40-27/h3,9,12,15-18,20-30,32-35H,4-8,10-11H2,1-2H3/t15-,16+,17+,18+,20+,21-,22+,23-,24+,25-,26+,27+/m0/s1. The molecule has 2 fully saturated rings. The molecule has 0 bridgehead atoms. The minimum Gasteiger partial charge on any atom is -0.462 e. The van der Waals surface area contributed by atoms with Gasteiger partial charge in [0.25, 0.3) is 0 Å². The number of hydrogen-bond acceptors (Lipinski definition) is 14. The molecule has 14 heteroatoms. The molecule has 0 radical (unpaired) electrons. The van der Waals surface area contributed by atoms with E-state index in [4.69, 9.17) is 28.4 Å². The van der Waals surface area contributed by atoms with Crippen molar-refractivity contribution in [3.05, 3.63) is 23.5 Å². The van der Waals surface area contributed by atoms with E-state index in [2.05, 4.69) is 0 Å². The lowest BCUT2D eigenvalue weighted by Gasteiger charge is -2.41. The van der Waals surface area contributed by atoms with Crippen LogP contribution in [0.25, 0.3) is 0 Å². The molecule has 3 aliphatic heterocycles. The minimum atomic E-state index is -1.61. The van der Waals surface area contributed by atoms with Gasteiger partial charge in [0, 0.05) is 18.8 Å². The number of carbonyl (C=O) groups is 1. The van der Waals surface area contributed by atoms with E-state index in [1.54, 1.807) is 0 Å². The highest BCUT2D eigenvalue weighted by Crippen LogP contribution is 2.43. The SMILES string of the molecule is CC(C)CC(=O)O[C@@H]1OC=C(CO[C@@H]2O[C@H](CO[C@@H]3O[C@H](CO)[C@@H](O)[C@H](O)[C@H]3O)C[C@@H](O)[C@@H]2O)[C@H]2CC=C(CO)[C@@H]12. The third-order valence-electron chi connectivity index (χ3n) is 7.84. The molecule has 3 heterocycles. The average Bonchev–Trinajstić information content (AvgIpc) is 3.37. The zero-order valence-corrected chi connectivity index (χ0v) is 23.1. The van der Waals surface area contributed by atoms with E-state index in [-0.39, 0.29) is 44.5 Å². The summed E-state index contributed by atoms with van der Waals surface area (Å²) in [6, 6.07) is 0. The Balaban J connectivity index is 1.34. The highest BCUT2D eigenvalue weighted by Gasteiger charge is 2.46. The van der Waals surface area contributed by atoms with Crippen LogP contribution in [-0.2, 0) is 33.2 Å². The molecule has 0 aromatic carbocycles. The molecular weight excluding hydrogens is 548 g/mol. The fourth-order valence-electron chi connectivity index (χ4n) is 5.56. The monoisotopic (exact) mass is 590 g/mol. The lowest BCUT2D eigenvalue weighted by molar-refractivity contribution is -0.318. The van der Waals surface area contributed by atoms with E-state index in [9.17, 15) is 40.5 Å². The van der Waals surface area contributed by atoms with Gasteiger partial charge >= 0.3 is 5.97 Å². The Kier molecular flexibility index (Phi) is 11.2. The van der Waals surface area contributed by atoms with Crippen molar-refractivity contribution in [2.24, 2.45) is 17.8 Å². The maximum absolute atomic E-state index is 12.3. The van der Waals surface area contributed by atoms with E-state index < -0.39 is 80.1 Å². The molecule has 2 saturated heterocycles. The van der Waals surface area contributed by atoms with Crippen LogP contribution in [0.3, 0.4) is 0 Å². The summed E-state index contributed by atoms with van der Waals surface area (Å²) in [6.07, 6.45) is -8.69. The normalized spacial score (nSPS) is 40.9. The third-order valence-corrected chi connectivity index (χ3v) is 7.84. The molecule has 7 N–H and O–H groups in total. The maximum atomic E-state index is 12.3. The Labute approximate surface area is 237 Å². The summed E-state index contributed by atoms with van der Waals surface area (Å²) in [6.45, 7) is 2.71. The summed E-state index contributed by atoms with van der Waals surface area (Å²) in [5, 5.41) is 70.2. The zero-order valence-electron chi connectivity index (χ0n) is 23.1. The van der Waals surface area contributed by atoms with Gasteiger partial charge in [0.05, 0.1) is 50.8 Å². The van der Waals surface area contributed by atoms with Gasteiger partial charge in [-0.25, -0.2) is 0 Å². The number of fused-ring (bicyclic) bond motifs is 1. The number of aliphatic hydroxyl groups excluding tert-OH is 7. The minimum absolute atomic E-state index is 0.0256. The van der Waals surface area contributed by atoms with Crippen molar-refractivity contribution in [3.63, 3.8) is 0 Å². The van der Waals surface area contributed by atoms with Crippen LogP contribution in [0.5, 0.6) is 0 Å². The Morgan fingerprint density at radius 1 is 0.951 bits per heavy atom. The van der Waals surface area contributed by atoms with E-state index >= 15 is 0 Å². The van der Waals surface area contributed by atoms with E-state index in [1.165, 1.54) is 6.26 Å². The number of aliphatic hydroxyl groups is 7. The number of esters is 1. The van der Waals surface area contributed by atoms with Crippen LogP contribution in [0.15, 0.2) is 23.5 Å². The predicted octanol–water partition coefficient (Wildman–Crippen LogP) is -1.96. The average molecular weight is 591 g/mol. The molecule has 12 atom stereocenters. The van der Waals surface area contributed by atoms with Gasteiger partial charge < -0.3 is 64.2 Å². The number of hydrogen-bond donors (Lipinski definition) is 7. The molecule has 4 aliphatic rings. The molecule has 0 amide bonds.